The van der Waals surface area contributed by atoms with E-state index in [1.165, 1.54) is 5.56 Å². The molecule has 0 bridgehead atoms. The Kier molecular flexibility index (Phi) is 10.1. The Balaban J connectivity index is 0.00000210. The molecular formula is C20H31Cl2N5O2. The quantitative estimate of drug-likeness (QED) is 0.737. The Labute approximate surface area is 184 Å². The molecule has 1 aliphatic heterocycles. The summed E-state index contributed by atoms with van der Waals surface area (Å²) in [6.07, 6.45) is 0.725. The van der Waals surface area contributed by atoms with Gasteiger partial charge in [0.1, 0.15) is 0 Å². The third-order valence-electron chi connectivity index (χ3n) is 4.86. The highest BCUT2D eigenvalue weighted by atomic mass is 35.5. The molecule has 0 spiro atoms. The minimum absolute atomic E-state index is 0. The molecule has 0 aliphatic carbocycles. The lowest BCUT2D eigenvalue weighted by molar-refractivity contribution is -0.134. The Morgan fingerprint density at radius 3 is 2.34 bits per heavy atom. The standard InChI is InChI=1S/C20H29N5O2.2ClH/c1-14(2)12-17(21)20(26)25-10-8-24(9-11-25)13-18-22-19(23-27-18)16-6-4-15(3)5-7-16;;/h4-7,14,17H,8-13,21H2,1-3H3;2*1H/t17-;;/m0../s1. The number of aromatic nitrogens is 2. The highest BCUT2D eigenvalue weighted by Gasteiger charge is 2.26. The summed E-state index contributed by atoms with van der Waals surface area (Å²) < 4.78 is 5.40. The van der Waals surface area contributed by atoms with Crippen LogP contribution in [0.1, 0.15) is 31.7 Å². The van der Waals surface area contributed by atoms with Gasteiger partial charge in [0, 0.05) is 31.7 Å². The number of rotatable bonds is 6. The van der Waals surface area contributed by atoms with Crippen LogP contribution in [0.3, 0.4) is 0 Å². The highest BCUT2D eigenvalue weighted by Crippen LogP contribution is 2.17. The van der Waals surface area contributed by atoms with Crippen molar-refractivity contribution >= 4 is 30.7 Å². The SMILES string of the molecule is Cc1ccc(-c2noc(CN3CCN(C(=O)[C@@H](N)CC(C)C)CC3)n2)cc1.Cl.Cl. The first kappa shape index (κ1) is 25.4. The normalized spacial score (nSPS) is 15.6. The van der Waals surface area contributed by atoms with Gasteiger partial charge in [0.2, 0.25) is 17.6 Å². The molecule has 1 saturated heterocycles. The van der Waals surface area contributed by atoms with Crippen LogP contribution in [-0.4, -0.2) is 58.1 Å². The van der Waals surface area contributed by atoms with Crippen LogP contribution in [0.2, 0.25) is 0 Å². The van der Waals surface area contributed by atoms with Gasteiger partial charge in [-0.15, -0.1) is 24.8 Å². The van der Waals surface area contributed by atoms with Crippen molar-refractivity contribution in [1.29, 1.82) is 0 Å². The Morgan fingerprint density at radius 2 is 1.76 bits per heavy atom. The summed E-state index contributed by atoms with van der Waals surface area (Å²) in [6, 6.07) is 7.66. The van der Waals surface area contributed by atoms with Crippen molar-refractivity contribution in [2.24, 2.45) is 11.7 Å². The summed E-state index contributed by atoms with van der Waals surface area (Å²) in [7, 11) is 0. The van der Waals surface area contributed by atoms with E-state index in [9.17, 15) is 4.79 Å². The topological polar surface area (TPSA) is 88.5 Å². The molecule has 9 heteroatoms. The van der Waals surface area contributed by atoms with Crippen molar-refractivity contribution in [2.45, 2.75) is 39.8 Å². The molecule has 0 radical (unpaired) electrons. The lowest BCUT2D eigenvalue weighted by atomic mass is 10.0. The van der Waals surface area contributed by atoms with Crippen LogP contribution in [-0.2, 0) is 11.3 Å². The van der Waals surface area contributed by atoms with E-state index in [1.807, 2.05) is 36.1 Å². The highest BCUT2D eigenvalue weighted by molar-refractivity contribution is 5.85. The van der Waals surface area contributed by atoms with Gasteiger partial charge in [-0.1, -0.05) is 48.8 Å². The van der Waals surface area contributed by atoms with Gasteiger partial charge in [-0.3, -0.25) is 9.69 Å². The largest absolute Gasteiger partial charge is 0.339 e. The lowest BCUT2D eigenvalue weighted by Gasteiger charge is -2.35. The number of benzene rings is 1. The van der Waals surface area contributed by atoms with E-state index in [0.717, 1.165) is 25.1 Å². The fourth-order valence-corrected chi connectivity index (χ4v) is 3.30. The predicted octanol–water partition coefficient (Wildman–Crippen LogP) is 2.91. The fourth-order valence-electron chi connectivity index (χ4n) is 3.30. The molecule has 1 fully saturated rings. The molecule has 1 aromatic carbocycles. The molecule has 1 atom stereocenters. The Morgan fingerprint density at radius 1 is 1.14 bits per heavy atom. The Hall–Kier alpha value is -1.67. The zero-order valence-electron chi connectivity index (χ0n) is 17.2. The van der Waals surface area contributed by atoms with Gasteiger partial charge in [-0.2, -0.15) is 4.98 Å². The van der Waals surface area contributed by atoms with Crippen molar-refractivity contribution in [1.82, 2.24) is 19.9 Å². The number of piperazine rings is 1. The molecule has 7 nitrogen and oxygen atoms in total. The lowest BCUT2D eigenvalue weighted by Crippen LogP contribution is -2.53. The average Bonchev–Trinajstić information content (AvgIpc) is 3.10. The number of halogens is 2. The van der Waals surface area contributed by atoms with Gasteiger partial charge >= 0.3 is 0 Å². The molecule has 2 heterocycles. The van der Waals surface area contributed by atoms with Crippen LogP contribution in [0.15, 0.2) is 28.8 Å². The van der Waals surface area contributed by atoms with Crippen molar-refractivity contribution in [3.8, 4) is 11.4 Å². The average molecular weight is 444 g/mol. The molecule has 2 aromatic rings. The molecule has 1 aliphatic rings. The summed E-state index contributed by atoms with van der Waals surface area (Å²) in [4.78, 5) is 21.0. The second-order valence-corrected chi connectivity index (χ2v) is 7.72. The predicted molar refractivity (Wildman–Crippen MR) is 118 cm³/mol. The number of carbonyl (C=O) groups excluding carboxylic acids is 1. The van der Waals surface area contributed by atoms with E-state index in [2.05, 4.69) is 28.9 Å². The zero-order valence-corrected chi connectivity index (χ0v) is 18.8. The number of aryl methyl sites for hydroxylation is 1. The van der Waals surface area contributed by atoms with Gasteiger partial charge in [-0.25, -0.2) is 0 Å². The summed E-state index contributed by atoms with van der Waals surface area (Å²) in [5.41, 5.74) is 8.18. The van der Waals surface area contributed by atoms with Gasteiger partial charge in [0.05, 0.1) is 12.6 Å². The first-order valence-electron chi connectivity index (χ1n) is 9.58. The van der Waals surface area contributed by atoms with E-state index in [1.54, 1.807) is 0 Å². The van der Waals surface area contributed by atoms with Crippen LogP contribution in [0.5, 0.6) is 0 Å². The van der Waals surface area contributed by atoms with Gasteiger partial charge in [-0.05, 0) is 19.3 Å². The molecule has 1 amide bonds. The maximum atomic E-state index is 12.4. The number of nitrogens with two attached hydrogens (primary N) is 1. The molecule has 3 rings (SSSR count). The van der Waals surface area contributed by atoms with E-state index < -0.39 is 6.04 Å². The van der Waals surface area contributed by atoms with Gasteiger partial charge in [0.15, 0.2) is 0 Å². The first-order valence-corrected chi connectivity index (χ1v) is 9.58. The summed E-state index contributed by atoms with van der Waals surface area (Å²) >= 11 is 0. The van der Waals surface area contributed by atoms with Crippen molar-refractivity contribution < 1.29 is 9.32 Å². The minimum Gasteiger partial charge on any atom is -0.339 e. The molecular weight excluding hydrogens is 413 g/mol. The van der Waals surface area contributed by atoms with Crippen molar-refractivity contribution in [3.05, 3.63) is 35.7 Å². The summed E-state index contributed by atoms with van der Waals surface area (Å²) in [5.74, 6) is 1.69. The number of amides is 1. The molecule has 0 unspecified atom stereocenters. The first-order chi connectivity index (χ1) is 12.9. The van der Waals surface area contributed by atoms with Crippen molar-refractivity contribution in [2.75, 3.05) is 26.2 Å². The molecule has 1 aromatic heterocycles. The Bertz CT molecular complexity index is 758. The second kappa shape index (κ2) is 11.5. The molecule has 0 saturated carbocycles. The van der Waals surface area contributed by atoms with Crippen LogP contribution >= 0.6 is 24.8 Å². The summed E-state index contributed by atoms with van der Waals surface area (Å²) in [5, 5.41) is 4.08. The maximum absolute atomic E-state index is 12.4. The smallest absolute Gasteiger partial charge is 0.241 e. The van der Waals surface area contributed by atoms with Crippen LogP contribution in [0.4, 0.5) is 0 Å². The zero-order chi connectivity index (χ0) is 19.4. The number of hydrogen-bond acceptors (Lipinski definition) is 6. The van der Waals surface area contributed by atoms with Gasteiger partial charge < -0.3 is 15.2 Å². The monoisotopic (exact) mass is 443 g/mol. The molecule has 29 heavy (non-hydrogen) atoms. The number of nitrogens with zero attached hydrogens (tertiary/aromatic N) is 4. The van der Waals surface area contributed by atoms with Crippen molar-refractivity contribution in [3.63, 3.8) is 0 Å². The third kappa shape index (κ3) is 6.96. The second-order valence-electron chi connectivity index (χ2n) is 7.72. The van der Waals surface area contributed by atoms with Gasteiger partial charge in [0.25, 0.3) is 0 Å². The van der Waals surface area contributed by atoms with Crippen LogP contribution < -0.4 is 5.73 Å². The third-order valence-corrected chi connectivity index (χ3v) is 4.86. The van der Waals surface area contributed by atoms with E-state index in [4.69, 9.17) is 10.3 Å². The summed E-state index contributed by atoms with van der Waals surface area (Å²) in [6.45, 7) is 9.74. The van der Waals surface area contributed by atoms with E-state index in [-0.39, 0.29) is 30.7 Å². The fraction of sp³-hybridized carbons (Fsp3) is 0.550. The minimum atomic E-state index is -0.399. The molecule has 162 valence electrons. The van der Waals surface area contributed by atoms with E-state index >= 15 is 0 Å². The van der Waals surface area contributed by atoms with E-state index in [0.29, 0.717) is 37.3 Å². The maximum Gasteiger partial charge on any atom is 0.241 e. The number of hydrogen-bond donors (Lipinski definition) is 1. The van der Waals surface area contributed by atoms with Crippen LogP contribution in [0, 0.1) is 12.8 Å². The molecule has 2 N–H and O–H groups in total. The number of carbonyl (C=O) groups is 1. The van der Waals surface area contributed by atoms with Crippen LogP contribution in [0.25, 0.3) is 11.4 Å².